The molecule has 0 spiro atoms. The van der Waals surface area contributed by atoms with Crippen molar-refractivity contribution in [1.29, 1.82) is 0 Å². The van der Waals surface area contributed by atoms with Crippen molar-refractivity contribution in [2.75, 3.05) is 0 Å². The van der Waals surface area contributed by atoms with Crippen LogP contribution in [0.5, 0.6) is 5.75 Å². The average molecular weight is 336 g/mol. The summed E-state index contributed by atoms with van der Waals surface area (Å²) in [7, 11) is 0. The Morgan fingerprint density at radius 1 is 1.43 bits per heavy atom. The van der Waals surface area contributed by atoms with Gasteiger partial charge in [-0.25, -0.2) is 0 Å². The third kappa shape index (κ3) is 4.27. The first-order valence-electron chi connectivity index (χ1n) is 6.88. The van der Waals surface area contributed by atoms with Gasteiger partial charge in [0.15, 0.2) is 5.75 Å². The van der Waals surface area contributed by atoms with Crippen LogP contribution in [0.1, 0.15) is 34.7 Å². The summed E-state index contributed by atoms with van der Waals surface area (Å²) in [6, 6.07) is 6.75. The molecule has 0 unspecified atom stereocenters. The predicted octanol–water partition coefficient (Wildman–Crippen LogP) is 2.60. The Morgan fingerprint density at radius 2 is 2.17 bits per heavy atom. The monoisotopic (exact) mass is 336 g/mol. The summed E-state index contributed by atoms with van der Waals surface area (Å²) >= 11 is 1.43. The SMILES string of the molecule is C[C@@H](C[C@@H](O)c1cccs1)NC(=O)c1ccc([N+](=O)[O-])c(O)c1. The first-order valence-corrected chi connectivity index (χ1v) is 7.76. The highest BCUT2D eigenvalue weighted by molar-refractivity contribution is 7.10. The Morgan fingerprint density at radius 3 is 2.74 bits per heavy atom. The number of aromatic hydroxyl groups is 1. The minimum absolute atomic E-state index is 0.116. The zero-order chi connectivity index (χ0) is 17.0. The van der Waals surface area contributed by atoms with E-state index in [1.807, 2.05) is 17.5 Å². The summed E-state index contributed by atoms with van der Waals surface area (Å²) in [5.74, 6) is -1.03. The van der Waals surface area contributed by atoms with E-state index in [4.69, 9.17) is 0 Å². The molecule has 1 heterocycles. The van der Waals surface area contributed by atoms with Crippen molar-refractivity contribution in [1.82, 2.24) is 5.32 Å². The van der Waals surface area contributed by atoms with Crippen LogP contribution in [0, 0.1) is 10.1 Å². The number of nitrogens with zero attached hydrogens (tertiary/aromatic N) is 1. The zero-order valence-electron chi connectivity index (χ0n) is 12.3. The molecular formula is C15H16N2O5S. The number of phenolic OH excluding ortho intramolecular Hbond substituents is 1. The van der Waals surface area contributed by atoms with Crippen molar-refractivity contribution in [3.8, 4) is 5.75 Å². The Labute approximate surface area is 136 Å². The number of thiophene rings is 1. The van der Waals surface area contributed by atoms with Crippen LogP contribution < -0.4 is 5.32 Å². The van der Waals surface area contributed by atoms with Gasteiger partial charge in [-0.2, -0.15) is 0 Å². The second-order valence-electron chi connectivity index (χ2n) is 5.10. The molecule has 23 heavy (non-hydrogen) atoms. The van der Waals surface area contributed by atoms with E-state index in [1.54, 1.807) is 6.92 Å². The topological polar surface area (TPSA) is 113 Å². The van der Waals surface area contributed by atoms with Crippen LogP contribution in [-0.4, -0.2) is 27.1 Å². The van der Waals surface area contributed by atoms with Crippen molar-refractivity contribution in [2.24, 2.45) is 0 Å². The van der Waals surface area contributed by atoms with Gasteiger partial charge in [0.2, 0.25) is 0 Å². The second kappa shape index (κ2) is 7.21. The maximum Gasteiger partial charge on any atom is 0.310 e. The molecule has 2 rings (SSSR count). The van der Waals surface area contributed by atoms with Gasteiger partial charge in [-0.15, -0.1) is 11.3 Å². The van der Waals surface area contributed by atoms with Crippen LogP contribution >= 0.6 is 11.3 Å². The highest BCUT2D eigenvalue weighted by Crippen LogP contribution is 2.26. The predicted molar refractivity (Wildman–Crippen MR) is 85.6 cm³/mol. The average Bonchev–Trinajstić information content (AvgIpc) is 3.00. The Balaban J connectivity index is 1.98. The lowest BCUT2D eigenvalue weighted by molar-refractivity contribution is -0.385. The van der Waals surface area contributed by atoms with Gasteiger partial charge >= 0.3 is 5.69 Å². The number of nitro groups is 1. The second-order valence-corrected chi connectivity index (χ2v) is 6.08. The molecule has 1 aromatic carbocycles. The van der Waals surface area contributed by atoms with E-state index in [-0.39, 0.29) is 11.6 Å². The number of carbonyl (C=O) groups excluding carboxylic acids is 1. The molecule has 2 atom stereocenters. The molecule has 8 heteroatoms. The highest BCUT2D eigenvalue weighted by atomic mass is 32.1. The maximum absolute atomic E-state index is 12.1. The fourth-order valence-electron chi connectivity index (χ4n) is 2.12. The summed E-state index contributed by atoms with van der Waals surface area (Å²) in [6.45, 7) is 1.75. The van der Waals surface area contributed by atoms with E-state index in [9.17, 15) is 25.1 Å². The van der Waals surface area contributed by atoms with Crippen LogP contribution in [0.25, 0.3) is 0 Å². The lowest BCUT2D eigenvalue weighted by Crippen LogP contribution is -2.33. The summed E-state index contributed by atoms with van der Waals surface area (Å²) in [6.07, 6.45) is -0.332. The van der Waals surface area contributed by atoms with Crippen molar-refractivity contribution >= 4 is 22.9 Å². The lowest BCUT2D eigenvalue weighted by Gasteiger charge is -2.17. The number of amides is 1. The van der Waals surface area contributed by atoms with E-state index in [0.717, 1.165) is 17.0 Å². The molecule has 1 aromatic heterocycles. The minimum Gasteiger partial charge on any atom is -0.502 e. The molecule has 0 bridgehead atoms. The molecule has 2 aromatic rings. The van der Waals surface area contributed by atoms with Gasteiger partial charge < -0.3 is 15.5 Å². The highest BCUT2D eigenvalue weighted by Gasteiger charge is 2.19. The third-order valence-electron chi connectivity index (χ3n) is 3.26. The number of nitro benzene ring substituents is 1. The fraction of sp³-hybridized carbons (Fsp3) is 0.267. The summed E-state index contributed by atoms with van der Waals surface area (Å²) in [5, 5.41) is 34.8. The fourth-order valence-corrected chi connectivity index (χ4v) is 2.84. The number of rotatable bonds is 6. The number of carbonyl (C=O) groups is 1. The largest absolute Gasteiger partial charge is 0.502 e. The Hall–Kier alpha value is -2.45. The van der Waals surface area contributed by atoms with Gasteiger partial charge in [-0.1, -0.05) is 6.07 Å². The Bertz CT molecular complexity index is 702. The molecule has 0 radical (unpaired) electrons. The van der Waals surface area contributed by atoms with Gasteiger partial charge in [0.05, 0.1) is 11.0 Å². The first-order chi connectivity index (χ1) is 10.9. The molecule has 0 aliphatic carbocycles. The number of nitrogens with one attached hydrogen (secondary N) is 1. The van der Waals surface area contributed by atoms with E-state index in [0.29, 0.717) is 6.42 Å². The van der Waals surface area contributed by atoms with Crippen LogP contribution in [-0.2, 0) is 0 Å². The quantitative estimate of drug-likeness (QED) is 0.554. The zero-order valence-corrected chi connectivity index (χ0v) is 13.1. The van der Waals surface area contributed by atoms with Gasteiger partial charge in [0, 0.05) is 22.5 Å². The van der Waals surface area contributed by atoms with Gasteiger partial charge in [0.1, 0.15) is 0 Å². The first kappa shape index (κ1) is 16.9. The number of aliphatic hydroxyl groups is 1. The normalized spacial score (nSPS) is 13.3. The number of phenols is 1. The summed E-state index contributed by atoms with van der Waals surface area (Å²) < 4.78 is 0. The van der Waals surface area contributed by atoms with E-state index in [1.165, 1.54) is 17.4 Å². The molecule has 0 aliphatic rings. The summed E-state index contributed by atoms with van der Waals surface area (Å²) in [5.41, 5.74) is -0.340. The van der Waals surface area contributed by atoms with Crippen LogP contribution in [0.2, 0.25) is 0 Å². The molecule has 7 nitrogen and oxygen atoms in total. The molecule has 0 fully saturated rings. The summed E-state index contributed by atoms with van der Waals surface area (Å²) in [4.78, 5) is 22.8. The number of benzene rings is 1. The molecule has 1 amide bonds. The molecular weight excluding hydrogens is 320 g/mol. The van der Waals surface area contributed by atoms with Gasteiger partial charge in [-0.3, -0.25) is 14.9 Å². The van der Waals surface area contributed by atoms with Crippen molar-refractivity contribution in [3.63, 3.8) is 0 Å². The molecule has 0 aliphatic heterocycles. The van der Waals surface area contributed by atoms with Gasteiger partial charge in [-0.05, 0) is 36.9 Å². The van der Waals surface area contributed by atoms with E-state index in [2.05, 4.69) is 5.32 Å². The number of hydrogen-bond acceptors (Lipinski definition) is 6. The third-order valence-corrected chi connectivity index (χ3v) is 4.23. The minimum atomic E-state index is -0.725. The van der Waals surface area contributed by atoms with Crippen LogP contribution in [0.15, 0.2) is 35.7 Å². The maximum atomic E-state index is 12.1. The standard InChI is InChI=1S/C15H16N2O5S/c1-9(7-13(19)14-3-2-6-23-14)16-15(20)10-4-5-11(17(21)22)12(18)8-10/h2-6,8-9,13,18-19H,7H2,1H3,(H,16,20)/t9-,13+/m0/s1. The number of aliphatic hydroxyl groups excluding tert-OH is 1. The lowest BCUT2D eigenvalue weighted by atomic mass is 10.1. The Kier molecular flexibility index (Phi) is 5.30. The van der Waals surface area contributed by atoms with Gasteiger partial charge in [0.25, 0.3) is 5.91 Å². The van der Waals surface area contributed by atoms with Crippen LogP contribution in [0.4, 0.5) is 5.69 Å². The molecule has 0 saturated carbocycles. The molecule has 3 N–H and O–H groups in total. The van der Waals surface area contributed by atoms with E-state index >= 15 is 0 Å². The number of hydrogen-bond donors (Lipinski definition) is 3. The van der Waals surface area contributed by atoms with Crippen molar-refractivity contribution < 1.29 is 19.9 Å². The van der Waals surface area contributed by atoms with Crippen LogP contribution in [0.3, 0.4) is 0 Å². The van der Waals surface area contributed by atoms with Crippen molar-refractivity contribution in [3.05, 3.63) is 56.3 Å². The van der Waals surface area contributed by atoms with E-state index < -0.39 is 28.4 Å². The molecule has 122 valence electrons. The van der Waals surface area contributed by atoms with Crippen molar-refractivity contribution in [2.45, 2.75) is 25.5 Å². The smallest absolute Gasteiger partial charge is 0.310 e. The molecule has 0 saturated heterocycles.